The van der Waals surface area contributed by atoms with Crippen molar-refractivity contribution in [1.82, 2.24) is 5.32 Å². The highest BCUT2D eigenvalue weighted by Gasteiger charge is 2.20. The van der Waals surface area contributed by atoms with E-state index in [1.165, 1.54) is 0 Å². The van der Waals surface area contributed by atoms with Crippen LogP contribution in [0, 0.1) is 0 Å². The van der Waals surface area contributed by atoms with Gasteiger partial charge in [-0.1, -0.05) is 36.4 Å². The predicted molar refractivity (Wildman–Crippen MR) is 108 cm³/mol. The van der Waals surface area contributed by atoms with Crippen LogP contribution in [0.15, 0.2) is 48.5 Å². The van der Waals surface area contributed by atoms with E-state index < -0.39 is 18.2 Å². The molecule has 0 radical (unpaired) electrons. The van der Waals surface area contributed by atoms with Gasteiger partial charge in [-0.05, 0) is 42.7 Å². The number of nitrogens with one attached hydrogen (secondary N) is 1. The number of ether oxygens (including phenoxy) is 3. The highest BCUT2D eigenvalue weighted by atomic mass is 16.5. The average molecular weight is 401 g/mol. The van der Waals surface area contributed by atoms with Crippen LogP contribution in [0.3, 0.4) is 0 Å². The number of alkyl carbamates (subject to hydrolysis) is 1. The molecule has 7 heteroatoms. The molecule has 0 heterocycles. The number of carbonyl (C=O) groups excluding carboxylic acids is 1. The molecule has 0 saturated carbocycles. The summed E-state index contributed by atoms with van der Waals surface area (Å²) in [6, 6.07) is 14.6. The second-order valence-corrected chi connectivity index (χ2v) is 6.81. The quantitative estimate of drug-likeness (QED) is 0.632. The van der Waals surface area contributed by atoms with Gasteiger partial charge in [-0.2, -0.15) is 0 Å². The monoisotopic (exact) mass is 401 g/mol. The van der Waals surface area contributed by atoms with Gasteiger partial charge in [0.05, 0.1) is 13.2 Å². The van der Waals surface area contributed by atoms with E-state index in [0.717, 1.165) is 22.4 Å². The number of carbonyl (C=O) groups is 2. The molecule has 1 amide bonds. The van der Waals surface area contributed by atoms with Crippen LogP contribution in [0.25, 0.3) is 0 Å². The van der Waals surface area contributed by atoms with Crippen molar-refractivity contribution in [2.24, 2.45) is 0 Å². The Morgan fingerprint density at radius 2 is 1.55 bits per heavy atom. The molecule has 7 nitrogen and oxygen atoms in total. The summed E-state index contributed by atoms with van der Waals surface area (Å²) >= 11 is 0. The van der Waals surface area contributed by atoms with E-state index in [1.54, 1.807) is 33.1 Å². The van der Waals surface area contributed by atoms with Gasteiger partial charge in [-0.25, -0.2) is 9.59 Å². The number of rotatable bonds is 10. The second kappa shape index (κ2) is 11.1. The molecule has 1 atom stereocenters. The minimum Gasteiger partial charge on any atom is -0.497 e. The van der Waals surface area contributed by atoms with Crippen molar-refractivity contribution in [2.45, 2.75) is 45.6 Å². The van der Waals surface area contributed by atoms with Gasteiger partial charge in [0.15, 0.2) is 6.10 Å². The molecule has 2 N–H and O–H groups in total. The Kier molecular flexibility index (Phi) is 8.48. The maximum atomic E-state index is 11.9. The number of carboxylic acids is 1. The molecular formula is C22H27NO6. The fourth-order valence-electron chi connectivity index (χ4n) is 2.63. The third-order valence-electron chi connectivity index (χ3n) is 4.12. The number of amides is 1. The van der Waals surface area contributed by atoms with Gasteiger partial charge in [0, 0.05) is 13.0 Å². The summed E-state index contributed by atoms with van der Waals surface area (Å²) in [5, 5.41) is 11.9. The zero-order valence-corrected chi connectivity index (χ0v) is 16.9. The van der Waals surface area contributed by atoms with Crippen LogP contribution in [0.4, 0.5) is 4.79 Å². The number of hydrogen-bond acceptors (Lipinski definition) is 5. The molecule has 29 heavy (non-hydrogen) atoms. The number of carboxylic acid groups (broad SMARTS) is 1. The molecule has 2 aromatic carbocycles. The molecule has 0 spiro atoms. The summed E-state index contributed by atoms with van der Waals surface area (Å²) in [4.78, 5) is 23.1. The zero-order valence-electron chi connectivity index (χ0n) is 16.9. The van der Waals surface area contributed by atoms with E-state index in [2.05, 4.69) is 5.32 Å². The Labute approximate surface area is 170 Å². The molecule has 2 aromatic rings. The van der Waals surface area contributed by atoms with E-state index in [9.17, 15) is 14.7 Å². The van der Waals surface area contributed by atoms with E-state index in [4.69, 9.17) is 14.2 Å². The van der Waals surface area contributed by atoms with E-state index in [1.807, 2.05) is 36.4 Å². The molecule has 2 rings (SSSR count). The molecule has 156 valence electrons. The summed E-state index contributed by atoms with van der Waals surface area (Å²) in [5.74, 6) is -0.232. The molecule has 0 bridgehead atoms. The van der Waals surface area contributed by atoms with Crippen molar-refractivity contribution >= 4 is 12.1 Å². The molecule has 0 aliphatic carbocycles. The lowest BCUT2D eigenvalue weighted by molar-refractivity contribution is -0.153. The fourth-order valence-corrected chi connectivity index (χ4v) is 2.63. The Hall–Kier alpha value is -3.06. The predicted octanol–water partition coefficient (Wildman–Crippen LogP) is 3.54. The summed E-state index contributed by atoms with van der Waals surface area (Å²) in [6.45, 7) is 4.08. The summed E-state index contributed by atoms with van der Waals surface area (Å²) in [5.41, 5.74) is 2.58. The SMILES string of the molecule is COc1ccc(CNC(=O)OCc2ccc(CC(OC(C)C)C(=O)O)cc2)cc1. The Morgan fingerprint density at radius 3 is 2.10 bits per heavy atom. The Balaban J connectivity index is 1.78. The first kappa shape index (κ1) is 22.2. The molecule has 1 unspecified atom stereocenters. The van der Waals surface area contributed by atoms with E-state index in [0.29, 0.717) is 6.54 Å². The highest BCUT2D eigenvalue weighted by Crippen LogP contribution is 2.12. The summed E-state index contributed by atoms with van der Waals surface area (Å²) < 4.78 is 15.7. The van der Waals surface area contributed by atoms with Crippen LogP contribution >= 0.6 is 0 Å². The van der Waals surface area contributed by atoms with Crippen molar-refractivity contribution in [3.63, 3.8) is 0 Å². The number of benzene rings is 2. The lowest BCUT2D eigenvalue weighted by Gasteiger charge is -2.16. The second-order valence-electron chi connectivity index (χ2n) is 6.81. The van der Waals surface area contributed by atoms with Crippen LogP contribution in [0.2, 0.25) is 0 Å². The first-order chi connectivity index (χ1) is 13.9. The molecule has 0 aromatic heterocycles. The number of hydrogen-bond donors (Lipinski definition) is 2. The van der Waals surface area contributed by atoms with Crippen molar-refractivity contribution in [1.29, 1.82) is 0 Å². The largest absolute Gasteiger partial charge is 0.497 e. The molecule has 0 saturated heterocycles. The topological polar surface area (TPSA) is 94.1 Å². The number of aliphatic carboxylic acids is 1. The lowest BCUT2D eigenvalue weighted by Crippen LogP contribution is -2.29. The van der Waals surface area contributed by atoms with Crippen LogP contribution < -0.4 is 10.1 Å². The standard InChI is InChI=1S/C22H27NO6/c1-15(2)29-20(21(24)25)12-16-4-6-18(7-5-16)14-28-22(26)23-13-17-8-10-19(27-3)11-9-17/h4-11,15,20H,12-14H2,1-3H3,(H,23,26)(H,24,25). The highest BCUT2D eigenvalue weighted by molar-refractivity contribution is 5.72. The third-order valence-corrected chi connectivity index (χ3v) is 4.12. The van der Waals surface area contributed by atoms with Crippen LogP contribution in [0.1, 0.15) is 30.5 Å². The maximum Gasteiger partial charge on any atom is 0.407 e. The Bertz CT molecular complexity index is 786. The smallest absolute Gasteiger partial charge is 0.407 e. The number of methoxy groups -OCH3 is 1. The van der Waals surface area contributed by atoms with Gasteiger partial charge >= 0.3 is 12.1 Å². The molecule has 0 aliphatic rings. The first-order valence-electron chi connectivity index (χ1n) is 9.37. The van der Waals surface area contributed by atoms with Crippen LogP contribution in [-0.2, 0) is 33.8 Å². The lowest BCUT2D eigenvalue weighted by atomic mass is 10.1. The molecule has 0 fully saturated rings. The van der Waals surface area contributed by atoms with E-state index >= 15 is 0 Å². The molecular weight excluding hydrogens is 374 g/mol. The van der Waals surface area contributed by atoms with Crippen molar-refractivity contribution < 1.29 is 28.9 Å². The van der Waals surface area contributed by atoms with Gasteiger partial charge in [0.2, 0.25) is 0 Å². The van der Waals surface area contributed by atoms with Crippen molar-refractivity contribution in [3.8, 4) is 5.75 Å². The van der Waals surface area contributed by atoms with Crippen molar-refractivity contribution in [2.75, 3.05) is 7.11 Å². The van der Waals surface area contributed by atoms with Gasteiger partial charge in [-0.15, -0.1) is 0 Å². The summed E-state index contributed by atoms with van der Waals surface area (Å²) in [7, 11) is 1.60. The van der Waals surface area contributed by atoms with Crippen LogP contribution in [-0.4, -0.2) is 36.5 Å². The molecule has 0 aliphatic heterocycles. The van der Waals surface area contributed by atoms with Gasteiger partial charge in [0.1, 0.15) is 12.4 Å². The minimum atomic E-state index is -0.986. The zero-order chi connectivity index (χ0) is 21.2. The average Bonchev–Trinajstić information content (AvgIpc) is 2.71. The Morgan fingerprint density at radius 1 is 0.966 bits per heavy atom. The van der Waals surface area contributed by atoms with Gasteiger partial charge in [-0.3, -0.25) is 0 Å². The maximum absolute atomic E-state index is 11.9. The first-order valence-corrected chi connectivity index (χ1v) is 9.37. The minimum absolute atomic E-state index is 0.125. The summed E-state index contributed by atoms with van der Waals surface area (Å²) in [6.07, 6.45) is -1.29. The van der Waals surface area contributed by atoms with Crippen LogP contribution in [0.5, 0.6) is 5.75 Å². The van der Waals surface area contributed by atoms with Gasteiger partial charge < -0.3 is 24.6 Å². The third kappa shape index (κ3) is 7.83. The fraction of sp³-hybridized carbons (Fsp3) is 0.364. The van der Waals surface area contributed by atoms with Gasteiger partial charge in [0.25, 0.3) is 0 Å². The van der Waals surface area contributed by atoms with E-state index in [-0.39, 0.29) is 19.1 Å². The van der Waals surface area contributed by atoms with Crippen molar-refractivity contribution in [3.05, 3.63) is 65.2 Å². The normalized spacial score (nSPS) is 11.7.